The van der Waals surface area contributed by atoms with Crippen LogP contribution in [0.15, 0.2) is 53.4 Å². The SMILES string of the molecule is Cc1ccc(S(=O)(=O)NCCNC(=O)NCc2cccc(CN3CCCC3)c2)cc1. The second-order valence-electron chi connectivity index (χ2n) is 7.62. The summed E-state index contributed by atoms with van der Waals surface area (Å²) < 4.78 is 26.9. The number of hydrogen-bond acceptors (Lipinski definition) is 4. The van der Waals surface area contributed by atoms with E-state index in [2.05, 4.69) is 32.4 Å². The van der Waals surface area contributed by atoms with Crippen molar-refractivity contribution in [3.63, 3.8) is 0 Å². The minimum atomic E-state index is -3.57. The molecule has 0 unspecified atom stereocenters. The van der Waals surface area contributed by atoms with Crippen LogP contribution in [0.25, 0.3) is 0 Å². The topological polar surface area (TPSA) is 90.5 Å². The van der Waals surface area contributed by atoms with Crippen molar-refractivity contribution in [1.82, 2.24) is 20.3 Å². The fourth-order valence-electron chi connectivity index (χ4n) is 3.44. The number of rotatable bonds is 9. The van der Waals surface area contributed by atoms with Crippen LogP contribution in [0.2, 0.25) is 0 Å². The molecule has 0 spiro atoms. The van der Waals surface area contributed by atoms with Crippen molar-refractivity contribution in [2.75, 3.05) is 26.2 Å². The average molecular weight is 431 g/mol. The third-order valence-electron chi connectivity index (χ3n) is 5.08. The minimum Gasteiger partial charge on any atom is -0.337 e. The van der Waals surface area contributed by atoms with Crippen LogP contribution >= 0.6 is 0 Å². The molecular formula is C22H30N4O3S. The van der Waals surface area contributed by atoms with E-state index in [4.69, 9.17) is 0 Å². The Morgan fingerprint density at radius 1 is 0.967 bits per heavy atom. The summed E-state index contributed by atoms with van der Waals surface area (Å²) in [6.07, 6.45) is 2.53. The Hall–Kier alpha value is -2.42. The summed E-state index contributed by atoms with van der Waals surface area (Å²) in [4.78, 5) is 14.7. The smallest absolute Gasteiger partial charge is 0.315 e. The number of aryl methyl sites for hydroxylation is 1. The highest BCUT2D eigenvalue weighted by Crippen LogP contribution is 2.14. The number of hydrogen-bond donors (Lipinski definition) is 3. The number of urea groups is 1. The summed E-state index contributed by atoms with van der Waals surface area (Å²) in [6, 6.07) is 14.5. The quantitative estimate of drug-likeness (QED) is 0.533. The number of likely N-dealkylation sites (tertiary alicyclic amines) is 1. The Balaban J connectivity index is 1.37. The van der Waals surface area contributed by atoms with Gasteiger partial charge in [-0.15, -0.1) is 0 Å². The highest BCUT2D eigenvalue weighted by molar-refractivity contribution is 7.89. The summed E-state index contributed by atoms with van der Waals surface area (Å²) >= 11 is 0. The Bertz CT molecular complexity index is 939. The van der Waals surface area contributed by atoms with Crippen molar-refractivity contribution in [2.24, 2.45) is 0 Å². The van der Waals surface area contributed by atoms with Gasteiger partial charge in [0, 0.05) is 26.2 Å². The molecule has 30 heavy (non-hydrogen) atoms. The second kappa shape index (κ2) is 10.6. The number of benzene rings is 2. The first kappa shape index (κ1) is 22.3. The standard InChI is InChI=1S/C22H30N4O3S/c1-18-7-9-21(10-8-18)30(28,29)25-12-11-23-22(27)24-16-19-5-4-6-20(15-19)17-26-13-2-3-14-26/h4-10,15,25H,2-3,11-14,16-17H2,1H3,(H2,23,24,27). The summed E-state index contributed by atoms with van der Waals surface area (Å²) in [6.45, 7) is 5.89. The molecule has 0 bridgehead atoms. The van der Waals surface area contributed by atoms with Gasteiger partial charge in [-0.25, -0.2) is 17.9 Å². The number of nitrogens with one attached hydrogen (secondary N) is 3. The minimum absolute atomic E-state index is 0.120. The second-order valence-corrected chi connectivity index (χ2v) is 9.39. The molecule has 0 atom stereocenters. The molecular weight excluding hydrogens is 400 g/mol. The molecule has 1 heterocycles. The number of sulfonamides is 1. The fourth-order valence-corrected chi connectivity index (χ4v) is 4.48. The van der Waals surface area contributed by atoms with Crippen LogP contribution in [0.4, 0.5) is 4.79 Å². The maximum atomic E-state index is 12.2. The number of carbonyl (C=O) groups excluding carboxylic acids is 1. The lowest BCUT2D eigenvalue weighted by Gasteiger charge is -2.15. The van der Waals surface area contributed by atoms with Gasteiger partial charge in [0.2, 0.25) is 10.0 Å². The zero-order valence-electron chi connectivity index (χ0n) is 17.4. The molecule has 2 amide bonds. The van der Waals surface area contributed by atoms with E-state index in [9.17, 15) is 13.2 Å². The van der Waals surface area contributed by atoms with Gasteiger partial charge in [0.1, 0.15) is 0 Å². The normalized spacial score (nSPS) is 14.6. The summed E-state index contributed by atoms with van der Waals surface area (Å²) in [7, 11) is -3.57. The maximum Gasteiger partial charge on any atom is 0.315 e. The fraction of sp³-hybridized carbons (Fsp3) is 0.409. The maximum absolute atomic E-state index is 12.2. The lowest BCUT2D eigenvalue weighted by atomic mass is 10.1. The largest absolute Gasteiger partial charge is 0.337 e. The molecule has 162 valence electrons. The molecule has 0 aromatic heterocycles. The molecule has 1 fully saturated rings. The van der Waals surface area contributed by atoms with E-state index in [1.165, 1.54) is 18.4 Å². The summed E-state index contributed by atoms with van der Waals surface area (Å²) in [5.74, 6) is 0. The van der Waals surface area contributed by atoms with Crippen LogP contribution in [0.5, 0.6) is 0 Å². The van der Waals surface area contributed by atoms with E-state index in [0.717, 1.165) is 30.8 Å². The molecule has 3 N–H and O–H groups in total. The molecule has 7 nitrogen and oxygen atoms in total. The molecule has 1 aliphatic rings. The van der Waals surface area contributed by atoms with Gasteiger partial charge >= 0.3 is 6.03 Å². The first-order valence-corrected chi connectivity index (χ1v) is 11.8. The lowest BCUT2D eigenvalue weighted by Crippen LogP contribution is -2.40. The highest BCUT2D eigenvalue weighted by Gasteiger charge is 2.13. The Morgan fingerprint density at radius 2 is 1.67 bits per heavy atom. The predicted molar refractivity (Wildman–Crippen MR) is 118 cm³/mol. The van der Waals surface area contributed by atoms with Crippen molar-refractivity contribution in [1.29, 1.82) is 0 Å². The molecule has 1 aliphatic heterocycles. The van der Waals surface area contributed by atoms with E-state index in [1.54, 1.807) is 24.3 Å². The van der Waals surface area contributed by atoms with Crippen molar-refractivity contribution in [2.45, 2.75) is 37.8 Å². The molecule has 0 aliphatic carbocycles. The molecule has 3 rings (SSSR count). The first-order chi connectivity index (χ1) is 14.4. The van der Waals surface area contributed by atoms with Crippen LogP contribution in [-0.4, -0.2) is 45.5 Å². The van der Waals surface area contributed by atoms with Crippen molar-refractivity contribution in [3.8, 4) is 0 Å². The van der Waals surface area contributed by atoms with Crippen LogP contribution in [-0.2, 0) is 23.1 Å². The lowest BCUT2D eigenvalue weighted by molar-refractivity contribution is 0.240. The Kier molecular flexibility index (Phi) is 7.84. The number of nitrogens with zero attached hydrogens (tertiary/aromatic N) is 1. The molecule has 1 saturated heterocycles. The van der Waals surface area contributed by atoms with Crippen LogP contribution in [0.1, 0.15) is 29.5 Å². The van der Waals surface area contributed by atoms with Crippen molar-refractivity contribution in [3.05, 3.63) is 65.2 Å². The molecule has 0 saturated carbocycles. The Labute approximate surface area is 178 Å². The number of carbonyl (C=O) groups is 1. The van der Waals surface area contributed by atoms with Gasteiger partial charge in [0.05, 0.1) is 4.90 Å². The summed E-state index contributed by atoms with van der Waals surface area (Å²) in [5.41, 5.74) is 3.29. The number of amides is 2. The van der Waals surface area contributed by atoms with E-state index < -0.39 is 10.0 Å². The molecule has 2 aromatic carbocycles. The van der Waals surface area contributed by atoms with Gasteiger partial charge in [-0.2, -0.15) is 0 Å². The van der Waals surface area contributed by atoms with Gasteiger partial charge in [0.25, 0.3) is 0 Å². The van der Waals surface area contributed by atoms with Gasteiger partial charge < -0.3 is 10.6 Å². The Morgan fingerprint density at radius 3 is 2.40 bits per heavy atom. The van der Waals surface area contributed by atoms with Gasteiger partial charge in [0.15, 0.2) is 0 Å². The van der Waals surface area contributed by atoms with Gasteiger partial charge in [-0.05, 0) is 56.1 Å². The highest BCUT2D eigenvalue weighted by atomic mass is 32.2. The van der Waals surface area contributed by atoms with Crippen LogP contribution in [0, 0.1) is 6.92 Å². The zero-order valence-corrected chi connectivity index (χ0v) is 18.2. The van der Waals surface area contributed by atoms with E-state index in [1.807, 2.05) is 19.1 Å². The molecule has 8 heteroatoms. The molecule has 0 radical (unpaired) electrons. The van der Waals surface area contributed by atoms with E-state index >= 15 is 0 Å². The van der Waals surface area contributed by atoms with Crippen molar-refractivity contribution < 1.29 is 13.2 Å². The summed E-state index contributed by atoms with van der Waals surface area (Å²) in [5, 5.41) is 5.49. The third-order valence-corrected chi connectivity index (χ3v) is 6.56. The van der Waals surface area contributed by atoms with E-state index in [-0.39, 0.29) is 24.0 Å². The molecule has 2 aromatic rings. The van der Waals surface area contributed by atoms with Crippen LogP contribution in [0.3, 0.4) is 0 Å². The van der Waals surface area contributed by atoms with E-state index in [0.29, 0.717) is 6.54 Å². The third kappa shape index (κ3) is 6.83. The van der Waals surface area contributed by atoms with Gasteiger partial charge in [-0.3, -0.25) is 4.90 Å². The monoisotopic (exact) mass is 430 g/mol. The predicted octanol–water partition coefficient (Wildman–Crippen LogP) is 2.37. The zero-order chi connectivity index (χ0) is 21.4. The first-order valence-electron chi connectivity index (χ1n) is 10.3. The average Bonchev–Trinajstić information content (AvgIpc) is 3.23. The van der Waals surface area contributed by atoms with Gasteiger partial charge in [-0.1, -0.05) is 42.0 Å². The van der Waals surface area contributed by atoms with Crippen molar-refractivity contribution >= 4 is 16.1 Å². The van der Waals surface area contributed by atoms with Crippen LogP contribution < -0.4 is 15.4 Å².